The van der Waals surface area contributed by atoms with Crippen LogP contribution in [-0.2, 0) is 17.6 Å². The molecule has 2 aromatic rings. The van der Waals surface area contributed by atoms with Crippen LogP contribution in [0.15, 0.2) is 30.3 Å². The van der Waals surface area contributed by atoms with Gasteiger partial charge in [0, 0.05) is 23.6 Å². The SMILES string of the molecule is COc1nc(-c2ccccc2)nc2c1CCC(C(=O)NCCCN(C)C)CC2. The molecule has 0 radical (unpaired) electrons. The van der Waals surface area contributed by atoms with Crippen molar-refractivity contribution in [3.8, 4) is 17.3 Å². The molecule has 1 heterocycles. The van der Waals surface area contributed by atoms with E-state index < -0.39 is 0 Å². The van der Waals surface area contributed by atoms with Crippen molar-refractivity contribution in [2.45, 2.75) is 32.1 Å². The van der Waals surface area contributed by atoms with Crippen LogP contribution in [0.5, 0.6) is 5.88 Å². The van der Waals surface area contributed by atoms with Crippen molar-refractivity contribution in [3.05, 3.63) is 41.6 Å². The predicted octanol–water partition coefficient (Wildman–Crippen LogP) is 2.72. The summed E-state index contributed by atoms with van der Waals surface area (Å²) in [6.07, 6.45) is 4.11. The number of hydrogen-bond acceptors (Lipinski definition) is 5. The summed E-state index contributed by atoms with van der Waals surface area (Å²) in [6.45, 7) is 1.70. The molecule has 6 heteroatoms. The number of rotatable bonds is 7. The third-order valence-electron chi connectivity index (χ3n) is 5.20. The van der Waals surface area contributed by atoms with Gasteiger partial charge in [0.2, 0.25) is 11.8 Å². The highest BCUT2D eigenvalue weighted by Crippen LogP contribution is 2.31. The molecule has 1 atom stereocenters. The number of fused-ring (bicyclic) bond motifs is 1. The first-order valence-electron chi connectivity index (χ1n) is 10.00. The number of carbonyl (C=O) groups is 1. The largest absolute Gasteiger partial charge is 0.481 e. The number of nitrogens with one attached hydrogen (secondary N) is 1. The van der Waals surface area contributed by atoms with Crippen LogP contribution < -0.4 is 10.1 Å². The maximum Gasteiger partial charge on any atom is 0.223 e. The first kappa shape index (κ1) is 20.3. The first-order chi connectivity index (χ1) is 13.6. The summed E-state index contributed by atoms with van der Waals surface area (Å²) in [6, 6.07) is 9.94. The number of amides is 1. The normalized spacial score (nSPS) is 16.4. The molecule has 1 N–H and O–H groups in total. The Morgan fingerprint density at radius 2 is 1.93 bits per heavy atom. The van der Waals surface area contributed by atoms with Crippen LogP contribution in [0.1, 0.15) is 30.5 Å². The summed E-state index contributed by atoms with van der Waals surface area (Å²) in [7, 11) is 5.74. The van der Waals surface area contributed by atoms with E-state index in [4.69, 9.17) is 9.72 Å². The van der Waals surface area contributed by atoms with Crippen LogP contribution in [0.2, 0.25) is 0 Å². The fourth-order valence-electron chi connectivity index (χ4n) is 3.64. The quantitative estimate of drug-likeness (QED) is 0.589. The monoisotopic (exact) mass is 382 g/mol. The molecule has 3 rings (SSSR count). The predicted molar refractivity (Wildman–Crippen MR) is 110 cm³/mol. The maximum atomic E-state index is 12.6. The van der Waals surface area contributed by atoms with Crippen molar-refractivity contribution >= 4 is 5.91 Å². The van der Waals surface area contributed by atoms with Gasteiger partial charge in [-0.3, -0.25) is 4.79 Å². The second-order valence-corrected chi connectivity index (χ2v) is 7.57. The van der Waals surface area contributed by atoms with E-state index in [1.807, 2.05) is 44.4 Å². The van der Waals surface area contributed by atoms with E-state index in [2.05, 4.69) is 15.2 Å². The van der Waals surface area contributed by atoms with Gasteiger partial charge in [-0.15, -0.1) is 0 Å². The molecule has 1 aromatic heterocycles. The topological polar surface area (TPSA) is 67.3 Å². The highest BCUT2D eigenvalue weighted by Gasteiger charge is 2.26. The van der Waals surface area contributed by atoms with Crippen molar-refractivity contribution in [2.24, 2.45) is 5.92 Å². The van der Waals surface area contributed by atoms with E-state index in [9.17, 15) is 4.79 Å². The summed E-state index contributed by atoms with van der Waals surface area (Å²) < 4.78 is 5.57. The maximum absolute atomic E-state index is 12.6. The molecule has 1 unspecified atom stereocenters. The molecule has 1 aromatic carbocycles. The van der Waals surface area contributed by atoms with Crippen molar-refractivity contribution < 1.29 is 9.53 Å². The zero-order valence-corrected chi connectivity index (χ0v) is 17.1. The lowest BCUT2D eigenvalue weighted by molar-refractivity contribution is -0.125. The zero-order valence-electron chi connectivity index (χ0n) is 17.1. The lowest BCUT2D eigenvalue weighted by atomic mass is 9.99. The van der Waals surface area contributed by atoms with Gasteiger partial charge >= 0.3 is 0 Å². The Morgan fingerprint density at radius 3 is 2.64 bits per heavy atom. The standard InChI is InChI=1S/C22H30N4O2/c1-26(2)15-7-14-23-21(27)17-10-12-18-19(13-11-17)24-20(25-22(18)28-3)16-8-5-4-6-9-16/h4-6,8-9,17H,7,10-15H2,1-3H3,(H,23,27). The van der Waals surface area contributed by atoms with Gasteiger partial charge in [0.25, 0.3) is 0 Å². The van der Waals surface area contributed by atoms with Crippen LogP contribution in [0, 0.1) is 5.92 Å². The van der Waals surface area contributed by atoms with Gasteiger partial charge in [0.1, 0.15) is 0 Å². The number of aromatic nitrogens is 2. The van der Waals surface area contributed by atoms with E-state index in [1.165, 1.54) is 0 Å². The number of aryl methyl sites for hydroxylation is 1. The molecule has 0 saturated heterocycles. The van der Waals surface area contributed by atoms with E-state index in [1.54, 1.807) is 7.11 Å². The molecule has 1 aliphatic carbocycles. The van der Waals surface area contributed by atoms with Gasteiger partial charge in [0.05, 0.1) is 12.8 Å². The second kappa shape index (κ2) is 9.64. The van der Waals surface area contributed by atoms with Crippen molar-refractivity contribution in [3.63, 3.8) is 0 Å². The van der Waals surface area contributed by atoms with Gasteiger partial charge in [-0.2, -0.15) is 4.98 Å². The molecule has 0 fully saturated rings. The van der Waals surface area contributed by atoms with E-state index in [0.717, 1.165) is 62.0 Å². The van der Waals surface area contributed by atoms with Crippen LogP contribution in [0.4, 0.5) is 0 Å². The lowest BCUT2D eigenvalue weighted by Gasteiger charge is -2.15. The van der Waals surface area contributed by atoms with Crippen molar-refractivity contribution in [2.75, 3.05) is 34.3 Å². The number of methoxy groups -OCH3 is 1. The number of nitrogens with zero attached hydrogens (tertiary/aromatic N) is 3. The fraction of sp³-hybridized carbons (Fsp3) is 0.500. The number of benzene rings is 1. The van der Waals surface area contributed by atoms with Crippen LogP contribution in [-0.4, -0.2) is 55.1 Å². The average molecular weight is 383 g/mol. The molecule has 0 bridgehead atoms. The van der Waals surface area contributed by atoms with Gasteiger partial charge in [0.15, 0.2) is 5.82 Å². The molecule has 6 nitrogen and oxygen atoms in total. The van der Waals surface area contributed by atoms with E-state index in [0.29, 0.717) is 11.7 Å². The third-order valence-corrected chi connectivity index (χ3v) is 5.20. The molecule has 1 amide bonds. The molecule has 0 spiro atoms. The number of hydrogen-bond donors (Lipinski definition) is 1. The van der Waals surface area contributed by atoms with Crippen LogP contribution in [0.3, 0.4) is 0 Å². The summed E-state index contributed by atoms with van der Waals surface area (Å²) in [5, 5.41) is 3.10. The molecule has 1 aliphatic rings. The minimum Gasteiger partial charge on any atom is -0.481 e. The number of ether oxygens (including phenoxy) is 1. The molecule has 0 aliphatic heterocycles. The summed E-state index contributed by atoms with van der Waals surface area (Å²) in [5.41, 5.74) is 3.03. The Kier molecular flexibility index (Phi) is 6.98. The van der Waals surface area contributed by atoms with Gasteiger partial charge in [-0.1, -0.05) is 30.3 Å². The first-order valence-corrected chi connectivity index (χ1v) is 10.00. The Bertz CT molecular complexity index is 793. The molecular weight excluding hydrogens is 352 g/mol. The Hall–Kier alpha value is -2.47. The highest BCUT2D eigenvalue weighted by atomic mass is 16.5. The van der Waals surface area contributed by atoms with Gasteiger partial charge in [-0.05, 0) is 52.7 Å². The number of carbonyl (C=O) groups excluding carboxylic acids is 1. The smallest absolute Gasteiger partial charge is 0.223 e. The third kappa shape index (κ3) is 5.07. The van der Waals surface area contributed by atoms with Crippen LogP contribution >= 0.6 is 0 Å². The Morgan fingerprint density at radius 1 is 1.18 bits per heavy atom. The summed E-state index contributed by atoms with van der Waals surface area (Å²) in [4.78, 5) is 24.2. The van der Waals surface area contributed by atoms with Gasteiger partial charge in [-0.25, -0.2) is 4.98 Å². The minimum absolute atomic E-state index is 0.0124. The van der Waals surface area contributed by atoms with Crippen molar-refractivity contribution in [1.82, 2.24) is 20.2 Å². The summed E-state index contributed by atoms with van der Waals surface area (Å²) in [5.74, 6) is 1.49. The fourth-order valence-corrected chi connectivity index (χ4v) is 3.64. The lowest BCUT2D eigenvalue weighted by Crippen LogP contribution is -2.32. The Balaban J connectivity index is 1.70. The second-order valence-electron chi connectivity index (χ2n) is 7.57. The van der Waals surface area contributed by atoms with E-state index in [-0.39, 0.29) is 11.8 Å². The Labute approximate surface area is 167 Å². The molecule has 28 heavy (non-hydrogen) atoms. The molecule has 150 valence electrons. The van der Waals surface area contributed by atoms with Gasteiger partial charge < -0.3 is 15.0 Å². The summed E-state index contributed by atoms with van der Waals surface area (Å²) >= 11 is 0. The average Bonchev–Trinajstić information content (AvgIpc) is 2.93. The minimum atomic E-state index is 0.0124. The van der Waals surface area contributed by atoms with E-state index >= 15 is 0 Å². The van der Waals surface area contributed by atoms with Crippen LogP contribution in [0.25, 0.3) is 11.4 Å². The highest BCUT2D eigenvalue weighted by molar-refractivity contribution is 5.78. The zero-order chi connectivity index (χ0) is 19.9. The molecular formula is C22H30N4O2. The molecule has 0 saturated carbocycles. The van der Waals surface area contributed by atoms with Crippen molar-refractivity contribution in [1.29, 1.82) is 0 Å².